The van der Waals surface area contributed by atoms with Crippen molar-refractivity contribution in [1.29, 1.82) is 0 Å². The molecule has 4 saturated carbocycles. The molecular weight excluding hydrogens is 284 g/mol. The standard InChI is InChI=1S/C21H34O2/c1-14(22)23-19-13-15-16-8-6-10-20(16,2)12-9-17(15)21(3)11-5-4-7-18(19)21/h15-19H,4-13H2,1-3H3/t15-,16+,17-,18-,19+,20-,21+/m1/s1. The third-order valence-electron chi connectivity index (χ3n) is 8.66. The lowest BCUT2D eigenvalue weighted by atomic mass is 9.45. The molecule has 2 heteroatoms. The summed E-state index contributed by atoms with van der Waals surface area (Å²) in [5, 5.41) is 0. The molecule has 23 heavy (non-hydrogen) atoms. The lowest BCUT2D eigenvalue weighted by molar-refractivity contribution is -0.182. The van der Waals surface area contributed by atoms with Crippen LogP contribution >= 0.6 is 0 Å². The first-order valence-corrected chi connectivity index (χ1v) is 10.1. The highest BCUT2D eigenvalue weighted by molar-refractivity contribution is 5.66. The largest absolute Gasteiger partial charge is 0.462 e. The van der Waals surface area contributed by atoms with E-state index in [0.717, 1.165) is 24.2 Å². The second-order valence-corrected chi connectivity index (χ2v) is 9.70. The van der Waals surface area contributed by atoms with Gasteiger partial charge in [0.2, 0.25) is 0 Å². The van der Waals surface area contributed by atoms with Gasteiger partial charge in [0.1, 0.15) is 6.10 Å². The number of ether oxygens (including phenoxy) is 1. The molecule has 0 unspecified atom stereocenters. The first kappa shape index (κ1) is 16.0. The zero-order valence-electron chi connectivity index (χ0n) is 15.3. The molecule has 0 heterocycles. The number of fused-ring (bicyclic) bond motifs is 5. The van der Waals surface area contributed by atoms with Gasteiger partial charge < -0.3 is 4.74 Å². The number of carbonyl (C=O) groups excluding carboxylic acids is 1. The average Bonchev–Trinajstić information content (AvgIpc) is 2.88. The van der Waals surface area contributed by atoms with Crippen LogP contribution in [0.2, 0.25) is 0 Å². The summed E-state index contributed by atoms with van der Waals surface area (Å²) in [5.74, 6) is 3.13. The molecule has 0 saturated heterocycles. The SMILES string of the molecule is CC(=O)O[C@H]1C[C@H]2[C@@H](CC[C@@]3(C)CCC[C@@H]23)[C@]2(C)CCCC[C@H]12. The fourth-order valence-corrected chi connectivity index (χ4v) is 7.66. The van der Waals surface area contributed by atoms with Gasteiger partial charge in [0, 0.05) is 12.8 Å². The molecule has 0 N–H and O–H groups in total. The van der Waals surface area contributed by atoms with Crippen LogP contribution in [0.1, 0.15) is 85.0 Å². The third-order valence-corrected chi connectivity index (χ3v) is 8.66. The minimum absolute atomic E-state index is 0.0635. The van der Waals surface area contributed by atoms with E-state index >= 15 is 0 Å². The molecule has 4 fully saturated rings. The molecule has 0 aromatic heterocycles. The topological polar surface area (TPSA) is 26.3 Å². The summed E-state index contributed by atoms with van der Waals surface area (Å²) in [5.41, 5.74) is 1.00. The van der Waals surface area contributed by atoms with Gasteiger partial charge in [-0.15, -0.1) is 0 Å². The van der Waals surface area contributed by atoms with Gasteiger partial charge in [0.05, 0.1) is 0 Å². The summed E-state index contributed by atoms with van der Waals surface area (Å²) in [4.78, 5) is 11.7. The van der Waals surface area contributed by atoms with Crippen LogP contribution in [0.5, 0.6) is 0 Å². The molecule has 0 aliphatic heterocycles. The van der Waals surface area contributed by atoms with Crippen molar-refractivity contribution >= 4 is 5.97 Å². The third kappa shape index (κ3) is 2.38. The van der Waals surface area contributed by atoms with Crippen LogP contribution in [0.4, 0.5) is 0 Å². The Morgan fingerprint density at radius 3 is 2.48 bits per heavy atom. The second kappa shape index (κ2) is 5.49. The summed E-state index contributed by atoms with van der Waals surface area (Å²) in [7, 11) is 0. The number of hydrogen-bond acceptors (Lipinski definition) is 2. The van der Waals surface area contributed by atoms with E-state index in [9.17, 15) is 4.79 Å². The monoisotopic (exact) mass is 318 g/mol. The van der Waals surface area contributed by atoms with Gasteiger partial charge in [0.15, 0.2) is 0 Å². The first-order chi connectivity index (χ1) is 10.9. The number of esters is 1. The van der Waals surface area contributed by atoms with E-state index in [1.54, 1.807) is 6.92 Å². The van der Waals surface area contributed by atoms with Crippen molar-refractivity contribution in [3.63, 3.8) is 0 Å². The summed E-state index contributed by atoms with van der Waals surface area (Å²) in [6.07, 6.45) is 13.8. The Kier molecular flexibility index (Phi) is 3.81. The predicted molar refractivity (Wildman–Crippen MR) is 91.9 cm³/mol. The average molecular weight is 319 g/mol. The number of carbonyl (C=O) groups is 1. The Morgan fingerprint density at radius 2 is 1.70 bits per heavy atom. The van der Waals surface area contributed by atoms with E-state index in [1.165, 1.54) is 57.8 Å². The van der Waals surface area contributed by atoms with Crippen LogP contribution < -0.4 is 0 Å². The molecule has 0 spiro atoms. The van der Waals surface area contributed by atoms with Gasteiger partial charge in [-0.1, -0.05) is 33.1 Å². The normalized spacial score (nSPS) is 52.2. The van der Waals surface area contributed by atoms with Crippen molar-refractivity contribution in [2.24, 2.45) is 34.5 Å². The van der Waals surface area contributed by atoms with Crippen LogP contribution in [-0.4, -0.2) is 12.1 Å². The van der Waals surface area contributed by atoms with E-state index < -0.39 is 0 Å². The maximum Gasteiger partial charge on any atom is 0.302 e. The molecule has 4 aliphatic carbocycles. The highest BCUT2D eigenvalue weighted by Gasteiger charge is 2.60. The molecule has 0 aromatic carbocycles. The van der Waals surface area contributed by atoms with Gasteiger partial charge in [-0.05, 0) is 73.5 Å². The summed E-state index contributed by atoms with van der Waals surface area (Å²) < 4.78 is 5.92. The molecule has 0 aromatic rings. The van der Waals surface area contributed by atoms with Crippen LogP contribution in [0.25, 0.3) is 0 Å². The molecule has 4 rings (SSSR count). The van der Waals surface area contributed by atoms with E-state index in [-0.39, 0.29) is 12.1 Å². The van der Waals surface area contributed by atoms with Gasteiger partial charge in [-0.3, -0.25) is 4.79 Å². The smallest absolute Gasteiger partial charge is 0.302 e. The fourth-order valence-electron chi connectivity index (χ4n) is 7.66. The van der Waals surface area contributed by atoms with Crippen molar-refractivity contribution < 1.29 is 9.53 Å². The second-order valence-electron chi connectivity index (χ2n) is 9.70. The van der Waals surface area contributed by atoms with Gasteiger partial charge in [-0.2, -0.15) is 0 Å². The van der Waals surface area contributed by atoms with Crippen LogP contribution in [0.3, 0.4) is 0 Å². The molecule has 2 nitrogen and oxygen atoms in total. The van der Waals surface area contributed by atoms with E-state index in [4.69, 9.17) is 4.74 Å². The molecule has 4 aliphatic rings. The Morgan fingerprint density at radius 1 is 0.913 bits per heavy atom. The van der Waals surface area contributed by atoms with E-state index in [1.807, 2.05) is 0 Å². The Hall–Kier alpha value is -0.530. The Labute approximate surface area is 141 Å². The van der Waals surface area contributed by atoms with Crippen molar-refractivity contribution in [2.75, 3.05) is 0 Å². The molecule has 7 atom stereocenters. The van der Waals surface area contributed by atoms with Gasteiger partial charge in [0.25, 0.3) is 0 Å². The van der Waals surface area contributed by atoms with Crippen LogP contribution in [-0.2, 0) is 9.53 Å². The molecule has 0 radical (unpaired) electrons. The van der Waals surface area contributed by atoms with Crippen molar-refractivity contribution in [1.82, 2.24) is 0 Å². The quantitative estimate of drug-likeness (QED) is 0.609. The van der Waals surface area contributed by atoms with Crippen LogP contribution in [0, 0.1) is 34.5 Å². The maximum atomic E-state index is 11.7. The number of hydrogen-bond donors (Lipinski definition) is 0. The first-order valence-electron chi connectivity index (χ1n) is 10.1. The highest BCUT2D eigenvalue weighted by atomic mass is 16.5. The van der Waals surface area contributed by atoms with E-state index in [2.05, 4.69) is 13.8 Å². The van der Waals surface area contributed by atoms with Crippen molar-refractivity contribution in [3.05, 3.63) is 0 Å². The summed E-state index contributed by atoms with van der Waals surface area (Å²) >= 11 is 0. The van der Waals surface area contributed by atoms with Crippen molar-refractivity contribution in [3.8, 4) is 0 Å². The minimum Gasteiger partial charge on any atom is -0.462 e. The van der Waals surface area contributed by atoms with Gasteiger partial charge >= 0.3 is 5.97 Å². The zero-order valence-corrected chi connectivity index (χ0v) is 15.3. The molecule has 130 valence electrons. The maximum absolute atomic E-state index is 11.7. The molecule has 0 amide bonds. The lowest BCUT2D eigenvalue weighted by Crippen LogP contribution is -2.57. The Bertz CT molecular complexity index is 486. The van der Waals surface area contributed by atoms with Crippen LogP contribution in [0.15, 0.2) is 0 Å². The highest BCUT2D eigenvalue weighted by Crippen LogP contribution is 2.66. The lowest BCUT2D eigenvalue weighted by Gasteiger charge is -2.61. The van der Waals surface area contributed by atoms with Gasteiger partial charge in [-0.25, -0.2) is 0 Å². The zero-order chi connectivity index (χ0) is 16.2. The predicted octanol–water partition coefficient (Wildman–Crippen LogP) is 5.35. The minimum atomic E-state index is -0.0635. The van der Waals surface area contributed by atoms with Crippen molar-refractivity contribution in [2.45, 2.75) is 91.1 Å². The fraction of sp³-hybridized carbons (Fsp3) is 0.952. The summed E-state index contributed by atoms with van der Waals surface area (Å²) in [6, 6.07) is 0. The van der Waals surface area contributed by atoms with E-state index in [0.29, 0.717) is 16.7 Å². The Balaban J connectivity index is 1.68. The summed E-state index contributed by atoms with van der Waals surface area (Å²) in [6.45, 7) is 6.71. The molecular formula is C21H34O2. The number of rotatable bonds is 1. The molecule has 0 bridgehead atoms.